The summed E-state index contributed by atoms with van der Waals surface area (Å²) in [6, 6.07) is 78.5. The van der Waals surface area contributed by atoms with Gasteiger partial charge in [-0.3, -0.25) is 0 Å². The highest BCUT2D eigenvalue weighted by Crippen LogP contribution is 2.57. The zero-order chi connectivity index (χ0) is 35.4. The lowest BCUT2D eigenvalue weighted by molar-refractivity contribution is 0.731. The van der Waals surface area contributed by atoms with Gasteiger partial charge in [0.15, 0.2) is 8.07 Å². The largest absolute Gasteiger partial charge is 0.311 e. The molecule has 0 spiro atoms. The van der Waals surface area contributed by atoms with Crippen LogP contribution in [0.2, 0.25) is 6.55 Å². The average molecular weight is 695 g/mol. The van der Waals surface area contributed by atoms with Crippen LogP contribution in [0, 0.1) is 0 Å². The molecule has 0 saturated heterocycles. The molecule has 2 aliphatic heterocycles. The Labute approximate surface area is 312 Å². The normalized spacial score (nSPS) is 14.7. The molecule has 8 aromatic carbocycles. The van der Waals surface area contributed by atoms with Crippen LogP contribution in [0.1, 0.15) is 22.3 Å². The number of para-hydroxylation sites is 4. The average Bonchev–Trinajstić information content (AvgIpc) is 3.24. The van der Waals surface area contributed by atoms with Gasteiger partial charge in [-0.1, -0.05) is 176 Å². The topological polar surface area (TPSA) is 6.48 Å². The lowest BCUT2D eigenvalue weighted by Crippen LogP contribution is -2.68. The fraction of sp³-hybridized carbons (Fsp3) is 0.0400. The molecular formula is C50H38N2Si. The minimum absolute atomic E-state index is 0.499. The molecule has 0 radical (unpaired) electrons. The van der Waals surface area contributed by atoms with E-state index in [1.54, 1.807) is 0 Å². The first-order chi connectivity index (χ1) is 26.2. The molecule has 0 unspecified atom stereocenters. The summed E-state index contributed by atoms with van der Waals surface area (Å²) in [6.45, 7) is 2.51. The summed E-state index contributed by atoms with van der Waals surface area (Å²) in [7, 11) is -2.30. The summed E-state index contributed by atoms with van der Waals surface area (Å²) < 4.78 is 0. The second kappa shape index (κ2) is 12.4. The molecule has 252 valence electrons. The first-order valence-electron chi connectivity index (χ1n) is 18.5. The van der Waals surface area contributed by atoms with E-state index < -0.39 is 13.5 Å². The zero-order valence-corrected chi connectivity index (χ0v) is 30.6. The van der Waals surface area contributed by atoms with E-state index in [4.69, 9.17) is 0 Å². The van der Waals surface area contributed by atoms with Gasteiger partial charge in [-0.25, -0.2) is 0 Å². The van der Waals surface area contributed by atoms with E-state index in [0.717, 1.165) is 11.4 Å². The highest BCUT2D eigenvalue weighted by Gasteiger charge is 2.47. The van der Waals surface area contributed by atoms with E-state index in [1.807, 2.05) is 0 Å². The maximum Gasteiger partial charge on any atom is 0.150 e. The quantitative estimate of drug-likeness (QED) is 0.166. The molecule has 0 bridgehead atoms. The van der Waals surface area contributed by atoms with E-state index in [0.29, 0.717) is 0 Å². The molecule has 0 aromatic heterocycles. The molecule has 10 rings (SSSR count). The lowest BCUT2D eigenvalue weighted by atomic mass is 9.62. The second-order valence-corrected chi connectivity index (χ2v) is 18.1. The molecule has 2 nitrogen and oxygen atoms in total. The summed E-state index contributed by atoms with van der Waals surface area (Å²) >= 11 is 0. The van der Waals surface area contributed by atoms with Crippen molar-refractivity contribution >= 4 is 57.8 Å². The Kier molecular flexibility index (Phi) is 7.31. The summed E-state index contributed by atoms with van der Waals surface area (Å²) in [6.07, 6.45) is 0. The Morgan fingerprint density at radius 2 is 0.736 bits per heavy atom. The number of nitrogens with zero attached hydrogens (tertiary/aromatic N) is 2. The van der Waals surface area contributed by atoms with Crippen molar-refractivity contribution in [2.75, 3.05) is 9.80 Å². The van der Waals surface area contributed by atoms with Crippen molar-refractivity contribution in [2.45, 2.75) is 12.0 Å². The van der Waals surface area contributed by atoms with Crippen LogP contribution >= 0.6 is 0 Å². The summed E-state index contributed by atoms with van der Waals surface area (Å²) in [5, 5.41) is 4.29. The fourth-order valence-corrected chi connectivity index (χ4v) is 13.3. The van der Waals surface area contributed by atoms with Crippen LogP contribution < -0.4 is 25.4 Å². The van der Waals surface area contributed by atoms with Crippen molar-refractivity contribution < 1.29 is 0 Å². The number of rotatable bonds is 5. The standard InChI is InChI=1S/C50H38N2Si/c1-53(41-26-9-4-10-27-41)48-34-17-15-32-46(48)52(47-33-16-18-35-49(47)53)40-25-19-24-39(36-40)51-44-30-13-11-28-42(44)50(37-20-5-2-6-21-37,38-22-7-3-8-23-38)43-29-12-14-31-45(43)51/h2-36H,1H3. The van der Waals surface area contributed by atoms with Crippen LogP contribution in [0.5, 0.6) is 0 Å². The first-order valence-corrected chi connectivity index (χ1v) is 21.0. The van der Waals surface area contributed by atoms with Crippen LogP contribution in [0.15, 0.2) is 212 Å². The maximum atomic E-state index is 2.51. The van der Waals surface area contributed by atoms with Gasteiger partial charge in [0, 0.05) is 22.7 Å². The van der Waals surface area contributed by atoms with Gasteiger partial charge in [-0.15, -0.1) is 0 Å². The van der Waals surface area contributed by atoms with Crippen molar-refractivity contribution in [2.24, 2.45) is 0 Å². The van der Waals surface area contributed by atoms with Crippen LogP contribution in [0.4, 0.5) is 34.1 Å². The predicted octanol–water partition coefficient (Wildman–Crippen LogP) is 10.7. The Balaban J connectivity index is 1.19. The van der Waals surface area contributed by atoms with Crippen LogP contribution in [-0.4, -0.2) is 8.07 Å². The minimum atomic E-state index is -2.30. The van der Waals surface area contributed by atoms with Crippen molar-refractivity contribution in [3.05, 3.63) is 235 Å². The van der Waals surface area contributed by atoms with Crippen LogP contribution in [0.25, 0.3) is 0 Å². The minimum Gasteiger partial charge on any atom is -0.311 e. The van der Waals surface area contributed by atoms with E-state index in [-0.39, 0.29) is 0 Å². The number of benzene rings is 8. The van der Waals surface area contributed by atoms with Gasteiger partial charge >= 0.3 is 0 Å². The monoisotopic (exact) mass is 694 g/mol. The molecule has 0 saturated carbocycles. The summed E-state index contributed by atoms with van der Waals surface area (Å²) in [5.41, 5.74) is 11.7. The Bertz CT molecular complexity index is 2460. The fourth-order valence-electron chi connectivity index (χ4n) is 9.28. The maximum absolute atomic E-state index is 2.51. The summed E-state index contributed by atoms with van der Waals surface area (Å²) in [5.74, 6) is 0. The lowest BCUT2D eigenvalue weighted by Gasteiger charge is -2.46. The van der Waals surface area contributed by atoms with Gasteiger partial charge in [-0.2, -0.15) is 0 Å². The smallest absolute Gasteiger partial charge is 0.150 e. The molecule has 8 aromatic rings. The third kappa shape index (κ3) is 4.57. The molecule has 0 atom stereocenters. The molecule has 0 aliphatic carbocycles. The molecule has 0 amide bonds. The van der Waals surface area contributed by atoms with Crippen molar-refractivity contribution in [3.63, 3.8) is 0 Å². The number of hydrogen-bond acceptors (Lipinski definition) is 2. The SMILES string of the molecule is C[Si]1(c2ccccc2)c2ccccc2N(c2cccc(N3c4ccccc4C(c4ccccc4)(c4ccccc4)c4ccccc43)c2)c2ccccc21. The predicted molar refractivity (Wildman–Crippen MR) is 225 cm³/mol. The van der Waals surface area contributed by atoms with Gasteiger partial charge in [0.1, 0.15) is 0 Å². The van der Waals surface area contributed by atoms with E-state index in [9.17, 15) is 0 Å². The molecule has 0 N–H and O–H groups in total. The van der Waals surface area contributed by atoms with Gasteiger partial charge < -0.3 is 9.80 Å². The van der Waals surface area contributed by atoms with E-state index >= 15 is 0 Å². The third-order valence-electron chi connectivity index (χ3n) is 11.6. The van der Waals surface area contributed by atoms with Crippen molar-refractivity contribution in [1.29, 1.82) is 0 Å². The third-order valence-corrected chi connectivity index (χ3v) is 16.1. The second-order valence-electron chi connectivity index (χ2n) is 14.2. The van der Waals surface area contributed by atoms with E-state index in [1.165, 1.54) is 60.6 Å². The molecule has 2 heterocycles. The first kappa shape index (κ1) is 31.3. The zero-order valence-electron chi connectivity index (χ0n) is 29.6. The summed E-state index contributed by atoms with van der Waals surface area (Å²) in [4.78, 5) is 4.97. The Morgan fingerprint density at radius 3 is 1.23 bits per heavy atom. The number of fused-ring (bicyclic) bond motifs is 4. The van der Waals surface area contributed by atoms with Crippen molar-refractivity contribution in [1.82, 2.24) is 0 Å². The van der Waals surface area contributed by atoms with Gasteiger partial charge in [0.05, 0.1) is 16.8 Å². The molecule has 0 fully saturated rings. The molecule has 3 heteroatoms. The van der Waals surface area contributed by atoms with Crippen LogP contribution in [-0.2, 0) is 5.41 Å². The Morgan fingerprint density at radius 1 is 0.358 bits per heavy atom. The molecule has 53 heavy (non-hydrogen) atoms. The highest BCUT2D eigenvalue weighted by molar-refractivity contribution is 7.12. The number of anilines is 6. The van der Waals surface area contributed by atoms with Crippen molar-refractivity contribution in [3.8, 4) is 0 Å². The van der Waals surface area contributed by atoms with Gasteiger partial charge in [0.2, 0.25) is 0 Å². The van der Waals surface area contributed by atoms with Gasteiger partial charge in [0.25, 0.3) is 0 Å². The molecular weight excluding hydrogens is 657 g/mol. The Hall–Kier alpha value is -6.42. The van der Waals surface area contributed by atoms with E-state index in [2.05, 4.69) is 229 Å². The highest BCUT2D eigenvalue weighted by atomic mass is 28.3. The van der Waals surface area contributed by atoms with Crippen LogP contribution in [0.3, 0.4) is 0 Å². The molecule has 2 aliphatic rings. The number of hydrogen-bond donors (Lipinski definition) is 0. The van der Waals surface area contributed by atoms with Gasteiger partial charge in [-0.05, 0) is 80.3 Å².